The minimum atomic E-state index is -5.16. The number of benzene rings is 2. The molecular formula is C15H6Br2F7N3O5. The van der Waals surface area contributed by atoms with Crippen LogP contribution in [-0.4, -0.2) is 22.4 Å². The first-order valence-corrected chi connectivity index (χ1v) is 9.28. The van der Waals surface area contributed by atoms with Crippen LogP contribution in [0.25, 0.3) is 0 Å². The molecule has 0 aliphatic carbocycles. The summed E-state index contributed by atoms with van der Waals surface area (Å²) < 4.78 is 93.9. The first-order chi connectivity index (χ1) is 14.5. The van der Waals surface area contributed by atoms with Crippen LogP contribution in [-0.2, 0) is 6.18 Å². The van der Waals surface area contributed by atoms with E-state index in [1.54, 1.807) is 0 Å². The van der Waals surface area contributed by atoms with Gasteiger partial charge in [-0.1, -0.05) is 0 Å². The van der Waals surface area contributed by atoms with E-state index in [9.17, 15) is 51.0 Å². The van der Waals surface area contributed by atoms with Crippen LogP contribution in [0.3, 0.4) is 0 Å². The average Bonchev–Trinajstić information content (AvgIpc) is 2.63. The number of hydrogen-bond donors (Lipinski definition) is 1. The molecule has 0 spiro atoms. The van der Waals surface area contributed by atoms with Gasteiger partial charge in [-0.05, 0) is 37.9 Å². The predicted octanol–water partition coefficient (Wildman–Crippen LogP) is 7.03. The Labute approximate surface area is 188 Å². The number of alkyl halides is 7. The Bertz CT molecular complexity index is 1050. The second-order valence-electron chi connectivity index (χ2n) is 5.75. The number of nitrogens with zero attached hydrogens (tertiary/aromatic N) is 2. The lowest BCUT2D eigenvalue weighted by Crippen LogP contribution is -2.33. The molecule has 0 unspecified atom stereocenters. The lowest BCUT2D eigenvalue weighted by molar-refractivity contribution is -0.392. The van der Waals surface area contributed by atoms with Gasteiger partial charge in [-0.2, -0.15) is 30.7 Å². The summed E-state index contributed by atoms with van der Waals surface area (Å²) in [7, 11) is 0. The summed E-state index contributed by atoms with van der Waals surface area (Å²) in [5.41, 5.74) is -5.89. The van der Waals surface area contributed by atoms with Crippen LogP contribution in [0.2, 0.25) is 0 Å². The summed E-state index contributed by atoms with van der Waals surface area (Å²) in [6.07, 6.45) is -14.3. The van der Waals surface area contributed by atoms with E-state index in [2.05, 4.69) is 41.9 Å². The summed E-state index contributed by atoms with van der Waals surface area (Å²) >= 11 is 5.69. The molecule has 32 heavy (non-hydrogen) atoms. The van der Waals surface area contributed by atoms with Crippen LogP contribution in [0, 0.1) is 20.2 Å². The van der Waals surface area contributed by atoms with Crippen molar-refractivity contribution in [2.45, 2.75) is 18.7 Å². The maximum atomic E-state index is 13.3. The second kappa shape index (κ2) is 9.05. The summed E-state index contributed by atoms with van der Waals surface area (Å²) in [5, 5.41) is 24.7. The van der Waals surface area contributed by atoms with Crippen molar-refractivity contribution in [2.75, 3.05) is 5.32 Å². The van der Waals surface area contributed by atoms with Crippen LogP contribution in [0.5, 0.6) is 5.75 Å². The van der Waals surface area contributed by atoms with E-state index in [0.29, 0.717) is 6.07 Å². The topological polar surface area (TPSA) is 108 Å². The van der Waals surface area contributed by atoms with Gasteiger partial charge in [-0.25, -0.2) is 0 Å². The fraction of sp³-hybridized carbons (Fsp3) is 0.200. The molecule has 0 aromatic heterocycles. The van der Waals surface area contributed by atoms with Crippen molar-refractivity contribution in [1.82, 2.24) is 0 Å². The highest BCUT2D eigenvalue weighted by molar-refractivity contribution is 9.11. The number of halogens is 9. The summed E-state index contributed by atoms with van der Waals surface area (Å²) in [4.78, 5) is 19.9. The molecule has 2 aromatic rings. The van der Waals surface area contributed by atoms with E-state index in [1.165, 1.54) is 0 Å². The molecule has 1 N–H and O–H groups in total. The predicted molar refractivity (Wildman–Crippen MR) is 101 cm³/mol. The monoisotopic (exact) mass is 599 g/mol. The third-order valence-corrected chi connectivity index (χ3v) is 4.87. The van der Waals surface area contributed by atoms with E-state index in [-0.39, 0.29) is 21.1 Å². The molecule has 2 aromatic carbocycles. The Hall–Kier alpha value is -2.69. The number of nitro benzene ring substituents is 2. The normalized spacial score (nSPS) is 12.1. The zero-order chi connectivity index (χ0) is 24.6. The van der Waals surface area contributed by atoms with Gasteiger partial charge >= 0.3 is 18.7 Å². The van der Waals surface area contributed by atoms with Crippen LogP contribution >= 0.6 is 31.9 Å². The van der Waals surface area contributed by atoms with Gasteiger partial charge in [-0.3, -0.25) is 20.2 Å². The number of nitro groups is 2. The molecule has 0 aliphatic heterocycles. The molecule has 17 heteroatoms. The van der Waals surface area contributed by atoms with Crippen molar-refractivity contribution in [3.8, 4) is 5.75 Å². The molecule has 0 saturated carbocycles. The van der Waals surface area contributed by atoms with Gasteiger partial charge in [0.2, 0.25) is 0 Å². The fourth-order valence-corrected chi connectivity index (χ4v) is 3.39. The van der Waals surface area contributed by atoms with Crippen molar-refractivity contribution >= 4 is 54.6 Å². The minimum Gasteiger partial charge on any atom is -0.427 e. The highest BCUT2D eigenvalue weighted by Crippen LogP contribution is 2.45. The molecule has 0 aliphatic rings. The summed E-state index contributed by atoms with van der Waals surface area (Å²) in [6, 6.07) is 1.66. The van der Waals surface area contributed by atoms with Crippen LogP contribution in [0.1, 0.15) is 5.56 Å². The highest BCUT2D eigenvalue weighted by atomic mass is 79.9. The van der Waals surface area contributed by atoms with Gasteiger partial charge in [-0.15, -0.1) is 0 Å². The van der Waals surface area contributed by atoms with Gasteiger partial charge in [0.05, 0.1) is 25.6 Å². The smallest absolute Gasteiger partial charge is 0.427 e. The van der Waals surface area contributed by atoms with Gasteiger partial charge in [0, 0.05) is 22.7 Å². The Morgan fingerprint density at radius 2 is 1.41 bits per heavy atom. The van der Waals surface area contributed by atoms with Crippen molar-refractivity contribution in [1.29, 1.82) is 0 Å². The average molecular weight is 601 g/mol. The van der Waals surface area contributed by atoms with E-state index in [1.807, 2.05) is 0 Å². The molecule has 174 valence electrons. The first kappa shape index (κ1) is 25.6. The Balaban J connectivity index is 2.67. The van der Waals surface area contributed by atoms with Crippen LogP contribution in [0.15, 0.2) is 33.2 Å². The minimum absolute atomic E-state index is 0.0322. The standard InChI is InChI=1S/C15H6Br2F7N3O5/c16-6-3-7(17)11(32-15(23,24)13(18)19)4-8(6)25-12-9(26(28)29)1-5(14(20,21)22)2-10(12)27(30)31/h1-4,13,25H. The van der Waals surface area contributed by atoms with Gasteiger partial charge < -0.3 is 10.1 Å². The summed E-state index contributed by atoms with van der Waals surface area (Å²) in [5.74, 6) is -0.904. The van der Waals surface area contributed by atoms with Crippen molar-refractivity contribution in [2.24, 2.45) is 0 Å². The molecule has 8 nitrogen and oxygen atoms in total. The molecule has 0 radical (unpaired) electrons. The number of nitrogens with one attached hydrogen (secondary N) is 1. The third-order valence-electron chi connectivity index (χ3n) is 3.60. The molecule has 0 saturated heterocycles. The lowest BCUT2D eigenvalue weighted by atomic mass is 10.1. The Kier molecular flexibility index (Phi) is 7.23. The SMILES string of the molecule is O=[N+]([O-])c1cc(C(F)(F)F)cc([N+](=O)[O-])c1Nc1cc(OC(F)(F)C(F)F)c(Br)cc1Br. The maximum absolute atomic E-state index is 13.3. The van der Waals surface area contributed by atoms with Crippen molar-refractivity contribution < 1.29 is 45.3 Å². The number of ether oxygens (including phenoxy) is 1. The van der Waals surface area contributed by atoms with Gasteiger partial charge in [0.1, 0.15) is 5.75 Å². The largest absolute Gasteiger partial charge is 0.461 e. The van der Waals surface area contributed by atoms with Crippen molar-refractivity contribution in [3.63, 3.8) is 0 Å². The number of hydrogen-bond acceptors (Lipinski definition) is 6. The molecule has 2 rings (SSSR count). The zero-order valence-electron chi connectivity index (χ0n) is 14.7. The molecule has 0 atom stereocenters. The Morgan fingerprint density at radius 3 is 1.81 bits per heavy atom. The van der Waals surface area contributed by atoms with Crippen LogP contribution < -0.4 is 10.1 Å². The molecule has 0 fully saturated rings. The maximum Gasteiger partial charge on any atom is 0.461 e. The summed E-state index contributed by atoms with van der Waals surface area (Å²) in [6.45, 7) is 0. The number of anilines is 2. The second-order valence-corrected chi connectivity index (χ2v) is 7.46. The highest BCUT2D eigenvalue weighted by Gasteiger charge is 2.44. The molecule has 0 bridgehead atoms. The Morgan fingerprint density at radius 1 is 0.906 bits per heavy atom. The van der Waals surface area contributed by atoms with E-state index in [0.717, 1.165) is 6.07 Å². The third kappa shape index (κ3) is 5.56. The van der Waals surface area contributed by atoms with Gasteiger partial charge in [0.25, 0.3) is 11.4 Å². The van der Waals surface area contributed by atoms with Crippen molar-refractivity contribution in [3.05, 3.63) is 59.0 Å². The molecule has 0 heterocycles. The van der Waals surface area contributed by atoms with E-state index in [4.69, 9.17) is 0 Å². The first-order valence-electron chi connectivity index (χ1n) is 7.69. The molecular weight excluding hydrogens is 595 g/mol. The fourth-order valence-electron chi connectivity index (χ4n) is 2.22. The van der Waals surface area contributed by atoms with Crippen LogP contribution in [0.4, 0.5) is 53.5 Å². The zero-order valence-corrected chi connectivity index (χ0v) is 17.9. The van der Waals surface area contributed by atoms with Gasteiger partial charge in [0.15, 0.2) is 5.69 Å². The number of rotatable bonds is 7. The lowest BCUT2D eigenvalue weighted by Gasteiger charge is -2.19. The quantitative estimate of drug-likeness (QED) is 0.208. The van der Waals surface area contributed by atoms with E-state index >= 15 is 0 Å². The molecule has 0 amide bonds. The van der Waals surface area contributed by atoms with E-state index < -0.39 is 62.6 Å².